The molecule has 0 aliphatic carbocycles. The maximum Gasteiger partial charge on any atom is 0.120 e. The van der Waals surface area contributed by atoms with Gasteiger partial charge in [0.15, 0.2) is 0 Å². The zero-order valence-corrected chi connectivity index (χ0v) is 13.9. The first kappa shape index (κ1) is 15.4. The van der Waals surface area contributed by atoms with E-state index in [9.17, 15) is 0 Å². The van der Waals surface area contributed by atoms with Crippen molar-refractivity contribution >= 4 is 27.5 Å². The number of rotatable bonds is 4. The molecular weight excluding hydrogens is 338 g/mol. The van der Waals surface area contributed by atoms with Gasteiger partial charge in [0, 0.05) is 21.6 Å². The van der Waals surface area contributed by atoms with E-state index in [1.54, 1.807) is 0 Å². The molecule has 2 rings (SSSR count). The molecule has 2 aromatic carbocycles. The van der Waals surface area contributed by atoms with E-state index in [1.807, 2.05) is 44.2 Å². The number of ether oxygens (including phenoxy) is 1. The highest BCUT2D eigenvalue weighted by Crippen LogP contribution is 2.27. The van der Waals surface area contributed by atoms with Gasteiger partial charge in [0.1, 0.15) is 12.4 Å². The van der Waals surface area contributed by atoms with Gasteiger partial charge in [-0.1, -0.05) is 39.7 Å². The van der Waals surface area contributed by atoms with Crippen molar-refractivity contribution in [2.45, 2.75) is 27.0 Å². The van der Waals surface area contributed by atoms with Gasteiger partial charge in [0.2, 0.25) is 0 Å². The van der Waals surface area contributed by atoms with E-state index in [4.69, 9.17) is 22.1 Å². The minimum atomic E-state index is 0.449. The standard InChI is InChI=1S/C16H17BrClNO/c1-10-5-14(6-11(2)16(10)17)20-9-13-4-3-12(8-19)7-15(13)18/h3-7H,8-9,19H2,1-2H3. The molecule has 0 amide bonds. The smallest absolute Gasteiger partial charge is 0.120 e. The molecule has 2 N–H and O–H groups in total. The summed E-state index contributed by atoms with van der Waals surface area (Å²) in [6.07, 6.45) is 0. The van der Waals surface area contributed by atoms with Crippen LogP contribution in [-0.4, -0.2) is 0 Å². The predicted molar refractivity (Wildman–Crippen MR) is 87.3 cm³/mol. The molecule has 0 saturated heterocycles. The summed E-state index contributed by atoms with van der Waals surface area (Å²) in [4.78, 5) is 0. The first-order valence-electron chi connectivity index (χ1n) is 6.38. The van der Waals surface area contributed by atoms with Gasteiger partial charge in [-0.15, -0.1) is 0 Å². The van der Waals surface area contributed by atoms with Crippen LogP contribution in [0.4, 0.5) is 0 Å². The molecule has 0 aliphatic heterocycles. The van der Waals surface area contributed by atoms with Crippen molar-refractivity contribution in [3.63, 3.8) is 0 Å². The van der Waals surface area contributed by atoms with E-state index >= 15 is 0 Å². The summed E-state index contributed by atoms with van der Waals surface area (Å²) in [6, 6.07) is 9.85. The largest absolute Gasteiger partial charge is 0.489 e. The third-order valence-electron chi connectivity index (χ3n) is 3.16. The fraction of sp³-hybridized carbons (Fsp3) is 0.250. The summed E-state index contributed by atoms with van der Waals surface area (Å²) in [5.74, 6) is 0.849. The Morgan fingerprint density at radius 3 is 2.35 bits per heavy atom. The quantitative estimate of drug-likeness (QED) is 0.859. The lowest BCUT2D eigenvalue weighted by atomic mass is 10.1. The van der Waals surface area contributed by atoms with E-state index in [0.717, 1.165) is 32.5 Å². The lowest BCUT2D eigenvalue weighted by molar-refractivity contribution is 0.306. The van der Waals surface area contributed by atoms with Gasteiger partial charge in [0.05, 0.1) is 0 Å². The predicted octanol–water partition coefficient (Wildman–Crippen LogP) is 4.76. The second-order valence-electron chi connectivity index (χ2n) is 4.79. The Kier molecular flexibility index (Phi) is 5.08. The third kappa shape index (κ3) is 3.54. The summed E-state index contributed by atoms with van der Waals surface area (Å²) < 4.78 is 6.95. The fourth-order valence-corrected chi connectivity index (χ4v) is 2.47. The monoisotopic (exact) mass is 353 g/mol. The first-order valence-corrected chi connectivity index (χ1v) is 7.55. The van der Waals surface area contributed by atoms with E-state index in [0.29, 0.717) is 18.2 Å². The molecule has 4 heteroatoms. The van der Waals surface area contributed by atoms with Crippen LogP contribution in [0.3, 0.4) is 0 Å². The minimum Gasteiger partial charge on any atom is -0.489 e. The fourth-order valence-electron chi connectivity index (χ4n) is 1.99. The van der Waals surface area contributed by atoms with Crippen LogP contribution < -0.4 is 10.5 Å². The van der Waals surface area contributed by atoms with Crippen LogP contribution in [0.2, 0.25) is 5.02 Å². The van der Waals surface area contributed by atoms with Crippen LogP contribution in [0.1, 0.15) is 22.3 Å². The van der Waals surface area contributed by atoms with E-state index in [1.165, 1.54) is 0 Å². The third-order valence-corrected chi connectivity index (χ3v) is 4.76. The van der Waals surface area contributed by atoms with Crippen molar-refractivity contribution in [1.82, 2.24) is 0 Å². The molecule has 0 fully saturated rings. The lowest BCUT2D eigenvalue weighted by Crippen LogP contribution is -2.00. The Hall–Kier alpha value is -1.03. The summed E-state index contributed by atoms with van der Waals surface area (Å²) in [5, 5.41) is 0.693. The molecule has 0 unspecified atom stereocenters. The van der Waals surface area contributed by atoms with Crippen molar-refractivity contribution in [2.24, 2.45) is 5.73 Å². The highest BCUT2D eigenvalue weighted by molar-refractivity contribution is 9.10. The van der Waals surface area contributed by atoms with Crippen molar-refractivity contribution < 1.29 is 4.74 Å². The Morgan fingerprint density at radius 2 is 1.80 bits per heavy atom. The molecule has 0 heterocycles. The topological polar surface area (TPSA) is 35.2 Å². The van der Waals surface area contributed by atoms with Gasteiger partial charge in [-0.25, -0.2) is 0 Å². The van der Waals surface area contributed by atoms with Crippen LogP contribution in [-0.2, 0) is 13.2 Å². The normalized spacial score (nSPS) is 10.7. The Morgan fingerprint density at radius 1 is 1.15 bits per heavy atom. The average molecular weight is 355 g/mol. The van der Waals surface area contributed by atoms with E-state index < -0.39 is 0 Å². The van der Waals surface area contributed by atoms with Gasteiger partial charge in [-0.05, 0) is 48.7 Å². The number of halogens is 2. The van der Waals surface area contributed by atoms with Crippen molar-refractivity contribution in [3.8, 4) is 5.75 Å². The average Bonchev–Trinajstić information content (AvgIpc) is 2.43. The molecule has 106 valence electrons. The van der Waals surface area contributed by atoms with Crippen molar-refractivity contribution in [1.29, 1.82) is 0 Å². The Labute approximate surface area is 133 Å². The molecule has 0 saturated carbocycles. The molecule has 0 radical (unpaired) electrons. The molecule has 20 heavy (non-hydrogen) atoms. The minimum absolute atomic E-state index is 0.449. The van der Waals surface area contributed by atoms with Crippen LogP contribution in [0, 0.1) is 13.8 Å². The van der Waals surface area contributed by atoms with Gasteiger partial charge in [0.25, 0.3) is 0 Å². The summed E-state index contributed by atoms with van der Waals surface area (Å²) >= 11 is 9.77. The number of benzene rings is 2. The summed E-state index contributed by atoms with van der Waals surface area (Å²) in [7, 11) is 0. The first-order chi connectivity index (χ1) is 9.51. The molecule has 2 aromatic rings. The molecule has 0 aliphatic rings. The Bertz CT molecular complexity index is 605. The summed E-state index contributed by atoms with van der Waals surface area (Å²) in [6.45, 7) is 5.04. The van der Waals surface area contributed by atoms with Crippen LogP contribution in [0.25, 0.3) is 0 Å². The van der Waals surface area contributed by atoms with Gasteiger partial charge < -0.3 is 10.5 Å². The van der Waals surface area contributed by atoms with Crippen LogP contribution in [0.15, 0.2) is 34.8 Å². The molecular formula is C16H17BrClNO. The molecule has 0 aromatic heterocycles. The maximum atomic E-state index is 6.22. The van der Waals surface area contributed by atoms with Crippen LogP contribution in [0.5, 0.6) is 5.75 Å². The van der Waals surface area contributed by atoms with E-state index in [2.05, 4.69) is 15.9 Å². The second kappa shape index (κ2) is 6.61. The number of nitrogens with two attached hydrogens (primary N) is 1. The SMILES string of the molecule is Cc1cc(OCc2ccc(CN)cc2Cl)cc(C)c1Br. The highest BCUT2D eigenvalue weighted by atomic mass is 79.9. The van der Waals surface area contributed by atoms with Gasteiger partial charge in [-0.2, -0.15) is 0 Å². The number of aryl methyl sites for hydroxylation is 2. The zero-order chi connectivity index (χ0) is 14.7. The van der Waals surface area contributed by atoms with Gasteiger partial charge in [-0.3, -0.25) is 0 Å². The van der Waals surface area contributed by atoms with Gasteiger partial charge >= 0.3 is 0 Å². The lowest BCUT2D eigenvalue weighted by Gasteiger charge is -2.11. The van der Waals surface area contributed by atoms with Crippen molar-refractivity contribution in [3.05, 3.63) is 62.1 Å². The highest BCUT2D eigenvalue weighted by Gasteiger charge is 2.06. The van der Waals surface area contributed by atoms with Crippen molar-refractivity contribution in [2.75, 3.05) is 0 Å². The van der Waals surface area contributed by atoms with Crippen LogP contribution >= 0.6 is 27.5 Å². The molecule has 0 bridgehead atoms. The number of hydrogen-bond donors (Lipinski definition) is 1. The zero-order valence-electron chi connectivity index (χ0n) is 11.5. The Balaban J connectivity index is 2.13. The number of hydrogen-bond acceptors (Lipinski definition) is 2. The maximum absolute atomic E-state index is 6.22. The molecule has 2 nitrogen and oxygen atoms in total. The second-order valence-corrected chi connectivity index (χ2v) is 5.99. The molecule has 0 spiro atoms. The summed E-state index contributed by atoms with van der Waals surface area (Å²) in [5.41, 5.74) is 9.88. The van der Waals surface area contributed by atoms with E-state index in [-0.39, 0.29) is 0 Å². The molecule has 0 atom stereocenters.